The fraction of sp³-hybridized carbons (Fsp3) is 0.526. The molecule has 3 rings (SSSR count). The van der Waals surface area contributed by atoms with Gasteiger partial charge in [-0.15, -0.1) is 0 Å². The average molecular weight is 358 g/mol. The molecule has 0 bridgehead atoms. The van der Waals surface area contributed by atoms with Crippen molar-refractivity contribution in [3.05, 3.63) is 29.8 Å². The summed E-state index contributed by atoms with van der Waals surface area (Å²) in [7, 11) is 2.15. The van der Waals surface area contributed by atoms with Crippen molar-refractivity contribution in [2.75, 3.05) is 38.5 Å². The molecule has 1 atom stereocenters. The molecule has 0 spiro atoms. The molecule has 1 aromatic carbocycles. The molecule has 2 aliphatic heterocycles. The van der Waals surface area contributed by atoms with Crippen LogP contribution in [-0.4, -0.2) is 61.9 Å². The Morgan fingerprint density at radius 1 is 1.27 bits per heavy atom. The standard InChI is InChI=1S/C19H27N5O2/c1-13(2)14-4-6-15(7-5-14)20-18(26)16-12-17(25)22-19(21-16)24-10-8-23(3)9-11-24/h4-7,13,16H,8-12H2,1-3H3,(H,20,26)(H,21,22,25)/p+1/t16-/m0/s1. The topological polar surface area (TPSA) is 78.2 Å². The van der Waals surface area contributed by atoms with Crippen LogP contribution in [0.25, 0.3) is 0 Å². The molecule has 2 aliphatic rings. The minimum Gasteiger partial charge on any atom is -0.334 e. The molecule has 7 nitrogen and oxygen atoms in total. The van der Waals surface area contributed by atoms with Crippen LogP contribution >= 0.6 is 0 Å². The summed E-state index contributed by atoms with van der Waals surface area (Å²) in [4.78, 5) is 32.7. The molecule has 0 aliphatic carbocycles. The van der Waals surface area contributed by atoms with Gasteiger partial charge in [0.1, 0.15) is 6.04 Å². The van der Waals surface area contributed by atoms with Gasteiger partial charge in [-0.1, -0.05) is 26.0 Å². The highest BCUT2D eigenvalue weighted by atomic mass is 16.2. The van der Waals surface area contributed by atoms with Crippen LogP contribution in [0.1, 0.15) is 31.7 Å². The summed E-state index contributed by atoms with van der Waals surface area (Å²) >= 11 is 0. The first kappa shape index (κ1) is 18.4. The number of carbonyl (C=O) groups is 2. The first-order chi connectivity index (χ1) is 12.4. The highest BCUT2D eigenvalue weighted by Gasteiger charge is 2.30. The van der Waals surface area contributed by atoms with E-state index < -0.39 is 6.04 Å². The van der Waals surface area contributed by atoms with Crippen LogP contribution in [0.3, 0.4) is 0 Å². The number of anilines is 1. The molecule has 26 heavy (non-hydrogen) atoms. The zero-order valence-corrected chi connectivity index (χ0v) is 15.7. The second-order valence-electron chi connectivity index (χ2n) is 7.43. The minimum atomic E-state index is -0.685. The van der Waals surface area contributed by atoms with Crippen molar-refractivity contribution in [3.63, 3.8) is 0 Å². The van der Waals surface area contributed by atoms with E-state index in [9.17, 15) is 9.59 Å². The number of carbonyl (C=O) groups excluding carboxylic acids is 2. The molecular formula is C19H28N5O2+. The maximum absolute atomic E-state index is 12.6. The largest absolute Gasteiger partial charge is 0.334 e. The number of nitrogens with one attached hydrogen (secondary N) is 3. The van der Waals surface area contributed by atoms with E-state index in [4.69, 9.17) is 0 Å². The minimum absolute atomic E-state index is 0.0817. The quantitative estimate of drug-likeness (QED) is 0.702. The fourth-order valence-electron chi connectivity index (χ4n) is 3.17. The normalized spacial score (nSPS) is 21.4. The van der Waals surface area contributed by atoms with Crippen molar-refractivity contribution in [2.24, 2.45) is 4.99 Å². The number of hydrogen-bond acceptors (Lipinski definition) is 4. The number of likely N-dealkylation sites (N-methyl/N-ethyl adjacent to an activating group) is 1. The van der Waals surface area contributed by atoms with E-state index in [2.05, 4.69) is 41.4 Å². The molecule has 7 heteroatoms. The van der Waals surface area contributed by atoms with Crippen LogP contribution in [-0.2, 0) is 9.59 Å². The zero-order valence-electron chi connectivity index (χ0n) is 15.7. The first-order valence-corrected chi connectivity index (χ1v) is 9.27. The van der Waals surface area contributed by atoms with E-state index in [1.54, 1.807) is 0 Å². The number of piperazine rings is 1. The monoisotopic (exact) mass is 358 g/mol. The third-order valence-electron chi connectivity index (χ3n) is 4.97. The predicted octanol–water partition coefficient (Wildman–Crippen LogP) is -0.177. The third-order valence-corrected chi connectivity index (χ3v) is 4.97. The molecule has 0 aromatic heterocycles. The number of benzene rings is 1. The smallest absolute Gasteiger partial charge is 0.249 e. The van der Waals surface area contributed by atoms with E-state index in [-0.39, 0.29) is 18.2 Å². The van der Waals surface area contributed by atoms with Gasteiger partial charge in [0.15, 0.2) is 0 Å². The molecule has 0 saturated carbocycles. The summed E-state index contributed by atoms with van der Waals surface area (Å²) in [5.74, 6) is 0.578. The fourth-order valence-corrected chi connectivity index (χ4v) is 3.17. The number of aliphatic imine (C=N–C) groups is 1. The summed E-state index contributed by atoms with van der Waals surface area (Å²) in [6.45, 7) is 7.91. The van der Waals surface area contributed by atoms with Crippen LogP contribution in [0.4, 0.5) is 5.69 Å². The Hall–Kier alpha value is -2.41. The van der Waals surface area contributed by atoms with Gasteiger partial charge in [0.25, 0.3) is 0 Å². The van der Waals surface area contributed by atoms with Crippen LogP contribution in [0.2, 0.25) is 0 Å². The molecule has 2 amide bonds. The summed E-state index contributed by atoms with van der Waals surface area (Å²) in [5, 5.41) is 5.70. The Kier molecular flexibility index (Phi) is 5.56. The maximum atomic E-state index is 12.6. The Labute approximate surface area is 154 Å². The lowest BCUT2D eigenvalue weighted by atomic mass is 10.0. The lowest BCUT2D eigenvalue weighted by molar-refractivity contribution is -0.883. The number of rotatable bonds is 3. The lowest BCUT2D eigenvalue weighted by Crippen LogP contribution is -3.12. The molecule has 1 fully saturated rings. The molecule has 3 N–H and O–H groups in total. The highest BCUT2D eigenvalue weighted by molar-refractivity contribution is 6.05. The van der Waals surface area contributed by atoms with Gasteiger partial charge < -0.3 is 15.1 Å². The molecule has 0 unspecified atom stereocenters. The number of hydrogen-bond donors (Lipinski definition) is 3. The van der Waals surface area contributed by atoms with Crippen molar-refractivity contribution < 1.29 is 14.5 Å². The number of nitrogens with zero attached hydrogens (tertiary/aromatic N) is 2. The van der Waals surface area contributed by atoms with E-state index in [1.165, 1.54) is 10.5 Å². The molecule has 140 valence electrons. The Morgan fingerprint density at radius 2 is 1.92 bits per heavy atom. The average Bonchev–Trinajstić information content (AvgIpc) is 2.62. The van der Waals surface area contributed by atoms with Gasteiger partial charge in [-0.2, -0.15) is 0 Å². The third kappa shape index (κ3) is 4.40. The van der Waals surface area contributed by atoms with Gasteiger partial charge in [-0.25, -0.2) is 4.99 Å². The van der Waals surface area contributed by atoms with Gasteiger partial charge in [-0.05, 0) is 23.6 Å². The summed E-state index contributed by atoms with van der Waals surface area (Å²) in [5.41, 5.74) is 1.95. The van der Waals surface area contributed by atoms with Crippen LogP contribution < -0.4 is 15.5 Å². The van der Waals surface area contributed by atoms with Gasteiger partial charge >= 0.3 is 0 Å². The van der Waals surface area contributed by atoms with Crippen molar-refractivity contribution in [1.29, 1.82) is 0 Å². The molecule has 1 aromatic rings. The van der Waals surface area contributed by atoms with Crippen molar-refractivity contribution in [1.82, 2.24) is 10.2 Å². The molecule has 0 radical (unpaired) electrons. The number of quaternary nitrogens is 1. The summed E-state index contributed by atoms with van der Waals surface area (Å²) in [6.07, 6.45) is 0.0817. The summed E-state index contributed by atoms with van der Waals surface area (Å²) < 4.78 is 0. The molecule has 2 heterocycles. The second kappa shape index (κ2) is 7.86. The summed E-state index contributed by atoms with van der Waals surface area (Å²) in [6, 6.07) is 7.12. The van der Waals surface area contributed by atoms with Crippen molar-refractivity contribution >= 4 is 23.5 Å². The van der Waals surface area contributed by atoms with E-state index in [0.29, 0.717) is 11.9 Å². The number of amides is 2. The van der Waals surface area contributed by atoms with Crippen LogP contribution in [0.15, 0.2) is 29.3 Å². The van der Waals surface area contributed by atoms with Crippen LogP contribution in [0.5, 0.6) is 0 Å². The lowest BCUT2D eigenvalue weighted by Gasteiger charge is -2.34. The van der Waals surface area contributed by atoms with E-state index in [0.717, 1.165) is 31.9 Å². The highest BCUT2D eigenvalue weighted by Crippen LogP contribution is 2.18. The molecular weight excluding hydrogens is 330 g/mol. The van der Waals surface area contributed by atoms with Crippen LogP contribution in [0, 0.1) is 0 Å². The number of guanidine groups is 1. The Balaban J connectivity index is 1.67. The first-order valence-electron chi connectivity index (χ1n) is 9.27. The zero-order chi connectivity index (χ0) is 18.7. The van der Waals surface area contributed by atoms with Crippen molar-refractivity contribution in [2.45, 2.75) is 32.2 Å². The van der Waals surface area contributed by atoms with E-state index in [1.807, 2.05) is 24.3 Å². The van der Waals surface area contributed by atoms with Gasteiger partial charge in [-0.3, -0.25) is 14.9 Å². The molecule has 1 saturated heterocycles. The second-order valence-corrected chi connectivity index (χ2v) is 7.43. The predicted molar refractivity (Wildman–Crippen MR) is 101 cm³/mol. The Morgan fingerprint density at radius 3 is 2.54 bits per heavy atom. The maximum Gasteiger partial charge on any atom is 0.249 e. The SMILES string of the molecule is CC(C)c1ccc(NC(=O)[C@@H]2CC(=O)NC(N3CC[NH+](C)CC3)=N2)cc1. The van der Waals surface area contributed by atoms with E-state index >= 15 is 0 Å². The van der Waals surface area contributed by atoms with Gasteiger partial charge in [0, 0.05) is 5.69 Å². The Bertz CT molecular complexity index is 690. The van der Waals surface area contributed by atoms with Gasteiger partial charge in [0.2, 0.25) is 17.8 Å². The van der Waals surface area contributed by atoms with Gasteiger partial charge in [0.05, 0.1) is 39.6 Å². The van der Waals surface area contributed by atoms with Crippen molar-refractivity contribution in [3.8, 4) is 0 Å².